The maximum atomic E-state index is 12.3. The molecule has 0 radical (unpaired) electrons. The number of hydrogen-bond donors (Lipinski definition) is 2. The number of anilines is 1. The van der Waals surface area contributed by atoms with Crippen LogP contribution in [0.15, 0.2) is 36.4 Å². The molecule has 1 amide bonds. The van der Waals surface area contributed by atoms with Crippen molar-refractivity contribution in [3.8, 4) is 6.07 Å². The van der Waals surface area contributed by atoms with Crippen molar-refractivity contribution < 1.29 is 9.90 Å². The third-order valence-electron chi connectivity index (χ3n) is 4.83. The molecule has 0 saturated carbocycles. The molecule has 27 heavy (non-hydrogen) atoms. The average molecular weight is 365 g/mol. The van der Waals surface area contributed by atoms with Gasteiger partial charge in [0.25, 0.3) is 0 Å². The summed E-state index contributed by atoms with van der Waals surface area (Å²) in [6.45, 7) is 3.55. The van der Waals surface area contributed by atoms with E-state index in [1.807, 2.05) is 37.3 Å². The number of benzene rings is 1. The molecule has 0 spiro atoms. The summed E-state index contributed by atoms with van der Waals surface area (Å²) >= 11 is 0. The number of aliphatic hydroxyl groups excluding tert-OH is 1. The average Bonchev–Trinajstić information content (AvgIpc) is 3.16. The van der Waals surface area contributed by atoms with Crippen LogP contribution in [0.2, 0.25) is 0 Å². The molecule has 1 unspecified atom stereocenters. The fraction of sp³-hybridized carbons (Fsp3) is 0.400. The Balaban J connectivity index is 1.50. The van der Waals surface area contributed by atoms with Crippen LogP contribution in [-0.2, 0) is 11.2 Å². The summed E-state index contributed by atoms with van der Waals surface area (Å²) in [6, 6.07) is 13.3. The smallest absolute Gasteiger partial charge is 0.224 e. The van der Waals surface area contributed by atoms with Crippen molar-refractivity contribution >= 4 is 11.7 Å². The molecule has 140 valence electrons. The largest absolute Gasteiger partial charge is 0.396 e. The first kappa shape index (κ1) is 18.8. The third kappa shape index (κ3) is 4.80. The summed E-state index contributed by atoms with van der Waals surface area (Å²) in [5.41, 5.74) is 2.31. The molecule has 1 aromatic carbocycles. The Morgan fingerprint density at radius 2 is 2.11 bits per heavy atom. The first-order valence-electron chi connectivity index (χ1n) is 9.07. The number of aliphatic hydroxyl groups is 1. The lowest BCUT2D eigenvalue weighted by Crippen LogP contribution is -2.38. The van der Waals surface area contributed by atoms with Crippen LogP contribution in [0, 0.1) is 11.3 Å². The number of nitrogens with one attached hydrogen (secondary N) is 1. The van der Waals surface area contributed by atoms with Crippen molar-refractivity contribution in [3.05, 3.63) is 53.2 Å². The first-order chi connectivity index (χ1) is 13.1. The lowest BCUT2D eigenvalue weighted by Gasteiger charge is -2.17. The van der Waals surface area contributed by atoms with E-state index in [-0.39, 0.29) is 24.5 Å². The van der Waals surface area contributed by atoms with Crippen molar-refractivity contribution in [2.24, 2.45) is 0 Å². The zero-order valence-corrected chi connectivity index (χ0v) is 15.3. The summed E-state index contributed by atoms with van der Waals surface area (Å²) in [5.74, 6) is 0.817. The Hall–Kier alpha value is -2.98. The van der Waals surface area contributed by atoms with E-state index < -0.39 is 0 Å². The van der Waals surface area contributed by atoms with Gasteiger partial charge in [-0.2, -0.15) is 5.26 Å². The molecule has 1 aliphatic heterocycles. The third-order valence-corrected chi connectivity index (χ3v) is 4.83. The van der Waals surface area contributed by atoms with Crippen LogP contribution in [0.5, 0.6) is 0 Å². The summed E-state index contributed by atoms with van der Waals surface area (Å²) in [4.78, 5) is 14.4. The Kier molecular flexibility index (Phi) is 5.99. The molecule has 2 atom stereocenters. The topological polar surface area (TPSA) is 102 Å². The van der Waals surface area contributed by atoms with Crippen molar-refractivity contribution in [2.75, 3.05) is 24.6 Å². The first-order valence-corrected chi connectivity index (χ1v) is 9.07. The molecule has 2 heterocycles. The molecule has 7 heteroatoms. The molecular formula is C20H23N5O2. The van der Waals surface area contributed by atoms with E-state index in [4.69, 9.17) is 5.26 Å². The molecule has 0 aliphatic carbocycles. The van der Waals surface area contributed by atoms with Gasteiger partial charge in [0.1, 0.15) is 6.07 Å². The van der Waals surface area contributed by atoms with E-state index >= 15 is 0 Å². The molecule has 1 saturated heterocycles. The van der Waals surface area contributed by atoms with Gasteiger partial charge in [0, 0.05) is 31.7 Å². The predicted octanol–water partition coefficient (Wildman–Crippen LogP) is 1.38. The number of rotatable bonds is 6. The Morgan fingerprint density at radius 1 is 1.33 bits per heavy atom. The fourth-order valence-corrected chi connectivity index (χ4v) is 3.17. The number of carbonyl (C=O) groups excluding carboxylic acids is 1. The van der Waals surface area contributed by atoms with Gasteiger partial charge in [-0.05, 0) is 29.7 Å². The monoisotopic (exact) mass is 365 g/mol. The lowest BCUT2D eigenvalue weighted by atomic mass is 10.00. The van der Waals surface area contributed by atoms with Crippen molar-refractivity contribution in [3.63, 3.8) is 0 Å². The van der Waals surface area contributed by atoms with Crippen molar-refractivity contribution in [1.29, 1.82) is 5.26 Å². The minimum Gasteiger partial charge on any atom is -0.396 e. The van der Waals surface area contributed by atoms with Crippen LogP contribution in [-0.4, -0.2) is 46.9 Å². The number of amides is 1. The quantitative estimate of drug-likeness (QED) is 0.802. The molecular weight excluding hydrogens is 342 g/mol. The lowest BCUT2D eigenvalue weighted by molar-refractivity contribution is -0.121. The highest BCUT2D eigenvalue weighted by atomic mass is 16.3. The van der Waals surface area contributed by atoms with Crippen molar-refractivity contribution in [1.82, 2.24) is 15.5 Å². The normalized spacial score (nSPS) is 17.4. The molecule has 0 bridgehead atoms. The van der Waals surface area contributed by atoms with E-state index in [2.05, 4.69) is 20.4 Å². The van der Waals surface area contributed by atoms with Gasteiger partial charge in [-0.15, -0.1) is 10.2 Å². The summed E-state index contributed by atoms with van der Waals surface area (Å²) in [7, 11) is 0. The fourth-order valence-electron chi connectivity index (χ4n) is 3.17. The molecule has 2 aromatic rings. The molecule has 3 rings (SSSR count). The van der Waals surface area contributed by atoms with E-state index in [9.17, 15) is 9.90 Å². The Morgan fingerprint density at radius 3 is 2.74 bits per heavy atom. The zero-order valence-electron chi connectivity index (χ0n) is 15.3. The van der Waals surface area contributed by atoms with Crippen LogP contribution in [0.1, 0.15) is 36.1 Å². The van der Waals surface area contributed by atoms with Gasteiger partial charge in [-0.3, -0.25) is 4.79 Å². The summed E-state index contributed by atoms with van der Waals surface area (Å²) in [5, 5.41) is 29.0. The van der Waals surface area contributed by atoms with Gasteiger partial charge < -0.3 is 15.3 Å². The highest BCUT2D eigenvalue weighted by molar-refractivity contribution is 5.79. The molecule has 7 nitrogen and oxygen atoms in total. The van der Waals surface area contributed by atoms with E-state index in [0.717, 1.165) is 29.9 Å². The summed E-state index contributed by atoms with van der Waals surface area (Å²) < 4.78 is 0. The van der Waals surface area contributed by atoms with E-state index in [1.54, 1.807) is 12.1 Å². The Labute approximate surface area is 158 Å². The predicted molar refractivity (Wildman–Crippen MR) is 101 cm³/mol. The maximum Gasteiger partial charge on any atom is 0.224 e. The minimum absolute atomic E-state index is 0.00396. The van der Waals surface area contributed by atoms with E-state index in [1.165, 1.54) is 0 Å². The highest BCUT2D eigenvalue weighted by Gasteiger charge is 2.25. The Bertz CT molecular complexity index is 814. The van der Waals surface area contributed by atoms with Crippen LogP contribution in [0.3, 0.4) is 0 Å². The zero-order chi connectivity index (χ0) is 19.2. The van der Waals surface area contributed by atoms with Crippen LogP contribution >= 0.6 is 0 Å². The number of nitrogens with zero attached hydrogens (tertiary/aromatic N) is 4. The molecule has 1 aliphatic rings. The van der Waals surface area contributed by atoms with Gasteiger partial charge in [-0.25, -0.2) is 0 Å². The van der Waals surface area contributed by atoms with Gasteiger partial charge in [-0.1, -0.05) is 31.2 Å². The minimum atomic E-state index is -0.00396. The van der Waals surface area contributed by atoms with Gasteiger partial charge >= 0.3 is 0 Å². The van der Waals surface area contributed by atoms with Gasteiger partial charge in [0.15, 0.2) is 11.5 Å². The summed E-state index contributed by atoms with van der Waals surface area (Å²) in [6.07, 6.45) is 1.18. The molecule has 1 fully saturated rings. The molecule has 2 N–H and O–H groups in total. The van der Waals surface area contributed by atoms with Gasteiger partial charge in [0.2, 0.25) is 5.91 Å². The standard InChI is InChI=1S/C20H23N5O2/c1-14(13-26)16-4-2-15(3-5-16)10-20(27)22-18-8-9-25(12-18)19-7-6-17(11-21)23-24-19/h2-7,14,18,26H,8-10,12-13H2,1H3,(H,22,27)/t14?,18-/m1/s1. The maximum absolute atomic E-state index is 12.3. The van der Waals surface area contributed by atoms with Crippen LogP contribution < -0.4 is 10.2 Å². The van der Waals surface area contributed by atoms with Crippen LogP contribution in [0.4, 0.5) is 5.82 Å². The number of aromatic nitrogens is 2. The van der Waals surface area contributed by atoms with E-state index in [0.29, 0.717) is 18.7 Å². The second-order valence-corrected chi connectivity index (χ2v) is 6.89. The SMILES string of the molecule is CC(CO)c1ccc(CC(=O)N[C@@H]2CCN(c3ccc(C#N)nn3)C2)cc1. The van der Waals surface area contributed by atoms with Crippen molar-refractivity contribution in [2.45, 2.75) is 31.7 Å². The second-order valence-electron chi connectivity index (χ2n) is 6.89. The van der Waals surface area contributed by atoms with Crippen LogP contribution in [0.25, 0.3) is 0 Å². The number of hydrogen-bond acceptors (Lipinski definition) is 6. The second kappa shape index (κ2) is 8.60. The number of carbonyl (C=O) groups is 1. The molecule has 1 aromatic heterocycles. The van der Waals surface area contributed by atoms with Gasteiger partial charge in [0.05, 0.1) is 6.42 Å². The highest BCUT2D eigenvalue weighted by Crippen LogP contribution is 2.18. The number of nitriles is 1.